The van der Waals surface area contributed by atoms with E-state index in [1.807, 2.05) is 24.3 Å². The zero-order valence-corrected chi connectivity index (χ0v) is 17.3. The molecule has 0 N–H and O–H groups in total. The highest BCUT2D eigenvalue weighted by atomic mass is 16.6. The first-order valence-electron chi connectivity index (χ1n) is 10.6. The summed E-state index contributed by atoms with van der Waals surface area (Å²) in [5.41, 5.74) is 2.20. The standard InChI is InChI=1S/C23H30N4O2/c1-17(2)26-10-8-19(9-11-26)12-20-14-22(25-16-24-20)27-21(15-29-23(27)28)13-18-6-4-3-5-7-18/h3-7,14,16-17,19,21H,8-13,15H2,1-2H3. The van der Waals surface area contributed by atoms with Crippen LogP contribution >= 0.6 is 0 Å². The van der Waals surface area contributed by atoms with Gasteiger partial charge in [-0.15, -0.1) is 0 Å². The number of carbonyl (C=O) groups is 1. The number of anilines is 1. The fourth-order valence-electron chi connectivity index (χ4n) is 4.38. The van der Waals surface area contributed by atoms with Crippen molar-refractivity contribution in [2.24, 2.45) is 5.92 Å². The number of piperidine rings is 1. The second-order valence-corrected chi connectivity index (χ2v) is 8.44. The molecule has 1 amide bonds. The lowest BCUT2D eigenvalue weighted by Crippen LogP contribution is -2.39. The molecule has 1 aromatic carbocycles. The van der Waals surface area contributed by atoms with E-state index >= 15 is 0 Å². The largest absolute Gasteiger partial charge is 0.447 e. The van der Waals surface area contributed by atoms with Gasteiger partial charge in [0, 0.05) is 17.8 Å². The van der Waals surface area contributed by atoms with Crippen LogP contribution < -0.4 is 4.90 Å². The van der Waals surface area contributed by atoms with Crippen LogP contribution in [-0.2, 0) is 17.6 Å². The molecule has 0 bridgehead atoms. The summed E-state index contributed by atoms with van der Waals surface area (Å²) >= 11 is 0. The van der Waals surface area contributed by atoms with Crippen LogP contribution in [0.3, 0.4) is 0 Å². The van der Waals surface area contributed by atoms with Crippen molar-refractivity contribution in [1.29, 1.82) is 0 Å². The van der Waals surface area contributed by atoms with Gasteiger partial charge in [-0.25, -0.2) is 14.8 Å². The number of likely N-dealkylation sites (tertiary alicyclic amines) is 1. The molecule has 2 aromatic rings. The molecule has 6 nitrogen and oxygen atoms in total. The summed E-state index contributed by atoms with van der Waals surface area (Å²) in [6, 6.07) is 12.7. The molecule has 4 rings (SSSR count). The normalized spacial score (nSPS) is 21.0. The SMILES string of the molecule is CC(C)N1CCC(Cc2cc(N3C(=O)OCC3Cc3ccccc3)ncn2)CC1. The predicted molar refractivity (Wildman–Crippen MR) is 113 cm³/mol. The Balaban J connectivity index is 1.44. The molecule has 3 heterocycles. The fourth-order valence-corrected chi connectivity index (χ4v) is 4.38. The van der Waals surface area contributed by atoms with Gasteiger partial charge in [0.15, 0.2) is 0 Å². The van der Waals surface area contributed by atoms with Crippen molar-refractivity contribution in [3.63, 3.8) is 0 Å². The number of ether oxygens (including phenoxy) is 1. The minimum absolute atomic E-state index is 0.0399. The third-order valence-electron chi connectivity index (χ3n) is 6.11. The minimum Gasteiger partial charge on any atom is -0.447 e. The van der Waals surface area contributed by atoms with E-state index in [9.17, 15) is 4.79 Å². The molecule has 2 aliphatic heterocycles. The van der Waals surface area contributed by atoms with Crippen molar-refractivity contribution in [2.45, 2.75) is 51.6 Å². The topological polar surface area (TPSA) is 58.6 Å². The van der Waals surface area contributed by atoms with E-state index in [0.29, 0.717) is 24.4 Å². The first-order valence-corrected chi connectivity index (χ1v) is 10.6. The Morgan fingerprint density at radius 3 is 2.59 bits per heavy atom. The van der Waals surface area contributed by atoms with E-state index in [0.717, 1.165) is 31.6 Å². The van der Waals surface area contributed by atoms with E-state index in [1.54, 1.807) is 11.2 Å². The van der Waals surface area contributed by atoms with Crippen LogP contribution in [0.5, 0.6) is 0 Å². The van der Waals surface area contributed by atoms with Gasteiger partial charge in [0.05, 0.1) is 6.04 Å². The lowest BCUT2D eigenvalue weighted by Gasteiger charge is -2.34. The molecule has 1 aromatic heterocycles. The van der Waals surface area contributed by atoms with Crippen molar-refractivity contribution in [2.75, 3.05) is 24.6 Å². The quantitative estimate of drug-likeness (QED) is 0.748. The highest BCUT2D eigenvalue weighted by molar-refractivity contribution is 5.89. The number of benzene rings is 1. The Morgan fingerprint density at radius 2 is 1.86 bits per heavy atom. The van der Waals surface area contributed by atoms with E-state index in [4.69, 9.17) is 4.74 Å². The molecule has 29 heavy (non-hydrogen) atoms. The molecule has 2 fully saturated rings. The smallest absolute Gasteiger partial charge is 0.415 e. The Labute approximate surface area is 172 Å². The molecular weight excluding hydrogens is 364 g/mol. The number of nitrogens with zero attached hydrogens (tertiary/aromatic N) is 4. The molecule has 1 atom stereocenters. The van der Waals surface area contributed by atoms with E-state index in [2.05, 4.69) is 40.8 Å². The van der Waals surface area contributed by atoms with E-state index < -0.39 is 0 Å². The van der Waals surface area contributed by atoms with Crippen molar-refractivity contribution in [3.05, 3.63) is 54.0 Å². The number of rotatable bonds is 6. The number of cyclic esters (lactones) is 1. The second kappa shape index (κ2) is 8.91. The molecular formula is C23H30N4O2. The Morgan fingerprint density at radius 1 is 1.10 bits per heavy atom. The zero-order chi connectivity index (χ0) is 20.2. The van der Waals surface area contributed by atoms with E-state index in [1.165, 1.54) is 18.4 Å². The van der Waals surface area contributed by atoms with Crippen molar-refractivity contribution < 1.29 is 9.53 Å². The molecule has 0 radical (unpaired) electrons. The van der Waals surface area contributed by atoms with Gasteiger partial charge in [-0.2, -0.15) is 0 Å². The van der Waals surface area contributed by atoms with Gasteiger partial charge in [0.1, 0.15) is 18.8 Å². The predicted octanol–water partition coefficient (Wildman–Crippen LogP) is 3.71. The Kier molecular flexibility index (Phi) is 6.09. The maximum absolute atomic E-state index is 12.4. The molecule has 6 heteroatoms. The van der Waals surface area contributed by atoms with Crippen molar-refractivity contribution in [3.8, 4) is 0 Å². The highest BCUT2D eigenvalue weighted by Crippen LogP contribution is 2.26. The van der Waals surface area contributed by atoms with Crippen LogP contribution in [0.4, 0.5) is 10.6 Å². The molecule has 0 spiro atoms. The van der Waals surface area contributed by atoms with Gasteiger partial charge in [0.25, 0.3) is 0 Å². The van der Waals surface area contributed by atoms with Crippen LogP contribution in [0.1, 0.15) is 37.9 Å². The molecule has 154 valence electrons. The van der Waals surface area contributed by atoms with Gasteiger partial charge in [-0.05, 0) is 64.1 Å². The average Bonchev–Trinajstić information content (AvgIpc) is 3.09. The first-order chi connectivity index (χ1) is 14.1. The monoisotopic (exact) mass is 394 g/mol. The number of amides is 1. The van der Waals surface area contributed by atoms with Crippen LogP contribution in [0.2, 0.25) is 0 Å². The fraction of sp³-hybridized carbons (Fsp3) is 0.522. The second-order valence-electron chi connectivity index (χ2n) is 8.44. The van der Waals surface area contributed by atoms with Crippen LogP contribution in [-0.4, -0.2) is 52.7 Å². The molecule has 0 aliphatic carbocycles. The lowest BCUT2D eigenvalue weighted by atomic mass is 9.91. The highest BCUT2D eigenvalue weighted by Gasteiger charge is 2.35. The Hall–Kier alpha value is -2.47. The van der Waals surface area contributed by atoms with Gasteiger partial charge < -0.3 is 9.64 Å². The summed E-state index contributed by atoms with van der Waals surface area (Å²) in [4.78, 5) is 25.5. The van der Waals surface area contributed by atoms with Crippen LogP contribution in [0, 0.1) is 5.92 Å². The molecule has 2 saturated heterocycles. The van der Waals surface area contributed by atoms with Crippen molar-refractivity contribution in [1.82, 2.24) is 14.9 Å². The first kappa shape index (κ1) is 19.8. The van der Waals surface area contributed by atoms with E-state index in [-0.39, 0.29) is 12.1 Å². The number of carbonyl (C=O) groups excluding carboxylic acids is 1. The minimum atomic E-state index is -0.319. The zero-order valence-electron chi connectivity index (χ0n) is 17.3. The molecule has 1 unspecified atom stereocenters. The van der Waals surface area contributed by atoms with Gasteiger partial charge in [-0.3, -0.25) is 4.90 Å². The summed E-state index contributed by atoms with van der Waals surface area (Å²) < 4.78 is 5.35. The maximum atomic E-state index is 12.4. The van der Waals surface area contributed by atoms with Crippen LogP contribution in [0.25, 0.3) is 0 Å². The number of hydrogen-bond acceptors (Lipinski definition) is 5. The summed E-state index contributed by atoms with van der Waals surface area (Å²) in [6.45, 7) is 7.21. The Bertz CT molecular complexity index is 819. The molecule has 0 saturated carbocycles. The van der Waals surface area contributed by atoms with Gasteiger partial charge in [-0.1, -0.05) is 30.3 Å². The maximum Gasteiger partial charge on any atom is 0.415 e. The summed E-state index contributed by atoms with van der Waals surface area (Å²) in [5.74, 6) is 1.29. The summed E-state index contributed by atoms with van der Waals surface area (Å²) in [6.07, 6.45) is 5.34. The summed E-state index contributed by atoms with van der Waals surface area (Å²) in [5, 5.41) is 0. The average molecular weight is 395 g/mol. The van der Waals surface area contributed by atoms with Crippen LogP contribution in [0.15, 0.2) is 42.7 Å². The number of aromatic nitrogens is 2. The number of hydrogen-bond donors (Lipinski definition) is 0. The van der Waals surface area contributed by atoms with Gasteiger partial charge in [0.2, 0.25) is 0 Å². The molecule has 2 aliphatic rings. The third kappa shape index (κ3) is 4.75. The third-order valence-corrected chi connectivity index (χ3v) is 6.11. The lowest BCUT2D eigenvalue weighted by molar-refractivity contribution is 0.149. The van der Waals surface area contributed by atoms with Gasteiger partial charge >= 0.3 is 6.09 Å². The van der Waals surface area contributed by atoms with Crippen molar-refractivity contribution >= 4 is 11.9 Å². The summed E-state index contributed by atoms with van der Waals surface area (Å²) in [7, 11) is 0.